The normalized spacial score (nSPS) is 11.4. The summed E-state index contributed by atoms with van der Waals surface area (Å²) in [7, 11) is -8.96. The van der Waals surface area contributed by atoms with Gasteiger partial charge in [-0.3, -0.25) is 4.55 Å². The zero-order valence-corrected chi connectivity index (χ0v) is 41.6. The molecule has 10 nitrogen and oxygen atoms in total. The molecule has 0 aliphatic rings. The number of phenolic OH excluding ortho intramolecular Hbond substituents is 1. The van der Waals surface area contributed by atoms with E-state index in [0.717, 1.165) is 43.2 Å². The maximum atomic E-state index is 11.9. The monoisotopic (exact) mass is 934 g/mol. The van der Waals surface area contributed by atoms with Crippen molar-refractivity contribution in [2.45, 2.75) is 178 Å². The fourth-order valence-electron chi connectivity index (χ4n) is 7.28. The van der Waals surface area contributed by atoms with Crippen molar-refractivity contribution in [3.8, 4) is 34.5 Å². The molecule has 0 unspecified atom stereocenters. The predicted octanol–water partition coefficient (Wildman–Crippen LogP) is 13.2. The second kappa shape index (κ2) is 31.9. The molecule has 0 heterocycles. The van der Waals surface area contributed by atoms with Gasteiger partial charge in [-0.05, 0) is 85.3 Å². The Hall–Kier alpha value is -2.84. The molecule has 0 saturated carbocycles. The first-order valence-electron chi connectivity index (χ1n) is 22.9. The molecule has 0 bridgehead atoms. The van der Waals surface area contributed by atoms with Gasteiger partial charge < -0.3 is 24.2 Å². The van der Waals surface area contributed by atoms with E-state index in [1.54, 1.807) is 42.5 Å². The van der Waals surface area contributed by atoms with Crippen molar-refractivity contribution >= 4 is 58.0 Å². The van der Waals surface area contributed by atoms with Crippen molar-refractivity contribution in [3.63, 3.8) is 0 Å². The van der Waals surface area contributed by atoms with E-state index >= 15 is 0 Å². The zero-order valence-electron chi connectivity index (χ0n) is 37.7. The van der Waals surface area contributed by atoms with Gasteiger partial charge >= 0.3 is 37.7 Å². The summed E-state index contributed by atoms with van der Waals surface area (Å²) in [6.07, 6.45) is 28.6. The van der Waals surface area contributed by atoms with Crippen LogP contribution in [0, 0.1) is 0 Å². The summed E-state index contributed by atoms with van der Waals surface area (Å²) < 4.78 is 78.7. The molecule has 0 radical (unpaired) electrons. The molecule has 63 heavy (non-hydrogen) atoms. The fourth-order valence-corrected chi connectivity index (χ4v) is 8.40. The average molecular weight is 935 g/mol. The number of aromatic hydroxyl groups is 1. The van der Waals surface area contributed by atoms with Gasteiger partial charge in [0.25, 0.3) is 10.1 Å². The topological polar surface area (TPSA) is 173 Å². The smallest absolute Gasteiger partial charge is 0.870 e. The number of unbranched alkanes of at least 4 members (excludes halogenated alkanes) is 20. The van der Waals surface area contributed by atoms with Crippen molar-refractivity contribution in [1.29, 1.82) is 0 Å². The van der Waals surface area contributed by atoms with Gasteiger partial charge in [-0.2, -0.15) is 8.42 Å². The first-order chi connectivity index (χ1) is 29.8. The summed E-state index contributed by atoms with van der Waals surface area (Å²) in [5.41, 5.74) is 1.52. The fraction of sp³-hybridized carbons (Fsp3) is 0.520. The molecule has 2 N–H and O–H groups in total. The Bertz CT molecular complexity index is 1940. The number of hydrogen-bond donors (Lipinski definition) is 2. The van der Waals surface area contributed by atoms with Gasteiger partial charge in [-0.15, -0.1) is 0 Å². The molecule has 4 aromatic carbocycles. The van der Waals surface area contributed by atoms with Crippen molar-refractivity contribution in [2.75, 3.05) is 0 Å². The number of ether oxygens (including phenoxy) is 2. The van der Waals surface area contributed by atoms with E-state index < -0.39 is 20.2 Å². The summed E-state index contributed by atoms with van der Waals surface area (Å²) in [4.78, 5) is -0.523. The summed E-state index contributed by atoms with van der Waals surface area (Å²) in [5.74, 6) is 0.462. The first-order valence-corrected chi connectivity index (χ1v) is 25.8. The minimum atomic E-state index is -4.61. The molecular formula is C50H70CaO10S2. The van der Waals surface area contributed by atoms with Gasteiger partial charge in [-0.25, -0.2) is 8.42 Å². The van der Waals surface area contributed by atoms with E-state index in [0.29, 0.717) is 12.8 Å². The number of hydrogen-bond acceptors (Lipinski definition) is 9. The Balaban J connectivity index is 0.000000427. The molecule has 0 aromatic heterocycles. The van der Waals surface area contributed by atoms with Gasteiger partial charge in [0.1, 0.15) is 27.4 Å². The van der Waals surface area contributed by atoms with Crippen LogP contribution in [-0.4, -0.2) is 68.8 Å². The van der Waals surface area contributed by atoms with Gasteiger partial charge in [-0.1, -0.05) is 178 Å². The molecule has 344 valence electrons. The summed E-state index contributed by atoms with van der Waals surface area (Å²) in [5, 5.41) is 21.8. The van der Waals surface area contributed by atoms with Crippen molar-refractivity contribution in [1.82, 2.24) is 0 Å². The van der Waals surface area contributed by atoms with Crippen molar-refractivity contribution in [3.05, 3.63) is 96.1 Å². The van der Waals surface area contributed by atoms with Crippen LogP contribution in [0.2, 0.25) is 0 Å². The predicted molar refractivity (Wildman–Crippen MR) is 251 cm³/mol. The van der Waals surface area contributed by atoms with Gasteiger partial charge in [0.05, 0.1) is 9.79 Å². The maximum Gasteiger partial charge on any atom is 2.00 e. The molecule has 13 heteroatoms. The van der Waals surface area contributed by atoms with Gasteiger partial charge in [0, 0.05) is 6.07 Å². The maximum absolute atomic E-state index is 11.9. The minimum Gasteiger partial charge on any atom is -0.870 e. The van der Waals surface area contributed by atoms with E-state index in [2.05, 4.69) is 13.8 Å². The Labute approximate surface area is 408 Å². The molecule has 0 amide bonds. The van der Waals surface area contributed by atoms with Gasteiger partial charge in [0.15, 0.2) is 11.5 Å². The average Bonchev–Trinajstić information content (AvgIpc) is 3.23. The summed E-state index contributed by atoms with van der Waals surface area (Å²) >= 11 is 0. The molecular weight excluding hydrogens is 865 g/mol. The van der Waals surface area contributed by atoms with Crippen LogP contribution in [0.15, 0.2) is 94.7 Å². The number of para-hydroxylation sites is 4. The molecule has 0 spiro atoms. The minimum absolute atomic E-state index is 0. The van der Waals surface area contributed by atoms with Crippen molar-refractivity contribution in [2.24, 2.45) is 0 Å². The number of rotatable bonds is 30. The number of phenols is 1. The Morgan fingerprint density at radius 1 is 0.492 bits per heavy atom. The third-order valence-electron chi connectivity index (χ3n) is 10.8. The van der Waals surface area contributed by atoms with Crippen LogP contribution in [0.25, 0.3) is 0 Å². The SMILES string of the molecule is CCCCCCCCCCCCCc1cc(Oc2ccccc2O)cc(S(=O)(=O)O)c1.CCCCCCCCCCCCCc1cc(Oc2ccccc2[O-])cc(S(=O)(=O)[O-])c1.[Ca+2]. The quantitative estimate of drug-likeness (QED) is 0.0291. The molecule has 0 aliphatic carbocycles. The van der Waals surface area contributed by atoms with Crippen LogP contribution >= 0.6 is 0 Å². The van der Waals surface area contributed by atoms with Gasteiger partial charge in [0.2, 0.25) is 0 Å². The summed E-state index contributed by atoms with van der Waals surface area (Å²) in [6.45, 7) is 4.47. The molecule has 0 aliphatic heterocycles. The first kappa shape index (κ1) is 56.3. The van der Waals surface area contributed by atoms with E-state index in [4.69, 9.17) is 9.47 Å². The molecule has 0 fully saturated rings. The standard InChI is InChI=1S/2C25H36O5S.Ca/c2*1-2-3-4-5-6-7-8-9-10-11-12-15-21-18-22(20-23(19-21)31(27,28)29)30-25-17-14-13-16-24(25)26;/h2*13-14,16-20,26H,2-12,15H2,1H3,(H,27,28,29);/q;;+2/p-2. The summed E-state index contributed by atoms with van der Waals surface area (Å²) in [6, 6.07) is 21.5. The third-order valence-corrected chi connectivity index (χ3v) is 12.4. The van der Waals surface area contributed by atoms with Crippen LogP contribution < -0.4 is 14.6 Å². The number of benzene rings is 4. The zero-order chi connectivity index (χ0) is 45.1. The van der Waals surface area contributed by atoms with Crippen molar-refractivity contribution < 1.29 is 45.6 Å². The van der Waals surface area contributed by atoms with Crippen LogP contribution in [0.1, 0.15) is 166 Å². The number of aryl methyl sites for hydroxylation is 2. The van der Waals surface area contributed by atoms with E-state index in [9.17, 15) is 36.2 Å². The van der Waals surface area contributed by atoms with Crippen LogP contribution in [0.3, 0.4) is 0 Å². The van der Waals surface area contributed by atoms with E-state index in [1.165, 1.54) is 152 Å². The van der Waals surface area contributed by atoms with Crippen LogP contribution in [-0.2, 0) is 33.1 Å². The molecule has 4 rings (SSSR count). The van der Waals surface area contributed by atoms with Crippen LogP contribution in [0.5, 0.6) is 34.5 Å². The Morgan fingerprint density at radius 2 is 0.857 bits per heavy atom. The van der Waals surface area contributed by atoms with E-state index in [1.807, 2.05) is 0 Å². The second-order valence-electron chi connectivity index (χ2n) is 16.2. The second-order valence-corrected chi connectivity index (χ2v) is 19.0. The Morgan fingerprint density at radius 3 is 1.27 bits per heavy atom. The largest absolute Gasteiger partial charge is 2.00 e. The third kappa shape index (κ3) is 24.3. The molecule has 4 aromatic rings. The Kier molecular flexibility index (Phi) is 28.5. The van der Waals surface area contributed by atoms with Crippen LogP contribution in [0.4, 0.5) is 0 Å². The molecule has 0 saturated heterocycles. The molecule has 0 atom stereocenters. The van der Waals surface area contributed by atoms with E-state index in [-0.39, 0.29) is 82.0 Å².